The van der Waals surface area contributed by atoms with E-state index in [0.717, 1.165) is 38.8 Å². The second-order valence-electron chi connectivity index (χ2n) is 6.40. The van der Waals surface area contributed by atoms with Gasteiger partial charge in [-0.3, -0.25) is 14.5 Å². The number of amides is 1. The highest BCUT2D eigenvalue weighted by Gasteiger charge is 2.39. The molecule has 0 aromatic rings. The number of piperazine rings is 1. The smallest absolute Gasteiger partial charge is 0.303 e. The van der Waals surface area contributed by atoms with Crippen LogP contribution in [-0.2, 0) is 9.59 Å². The van der Waals surface area contributed by atoms with Gasteiger partial charge in [0.15, 0.2) is 0 Å². The lowest BCUT2D eigenvalue weighted by Crippen LogP contribution is -3.00. The monoisotopic (exact) mass is 333 g/mol. The van der Waals surface area contributed by atoms with Gasteiger partial charge in [-0.1, -0.05) is 12.8 Å². The van der Waals surface area contributed by atoms with E-state index >= 15 is 0 Å². The number of carboxylic acids is 1. The van der Waals surface area contributed by atoms with E-state index in [9.17, 15) is 9.59 Å². The van der Waals surface area contributed by atoms with E-state index in [1.165, 1.54) is 0 Å². The molecule has 1 amide bonds. The number of halogens is 1. The SMILES string of the molecule is O=C(O)CC1(CC(=O)N2CCN(CCO)CC2)CCCC1.[Cl-]. The van der Waals surface area contributed by atoms with E-state index in [1.807, 2.05) is 4.90 Å². The summed E-state index contributed by atoms with van der Waals surface area (Å²) >= 11 is 0. The number of carbonyl (C=O) groups excluding carboxylic acids is 1. The van der Waals surface area contributed by atoms with Crippen molar-refractivity contribution in [2.75, 3.05) is 39.3 Å². The predicted molar refractivity (Wildman–Crippen MR) is 77.9 cm³/mol. The number of β-amino-alcohol motifs (C(OH)–C–C–N with tert-alkyl or cyclic N) is 1. The normalized spacial score (nSPS) is 21.4. The summed E-state index contributed by atoms with van der Waals surface area (Å²) in [5.74, 6) is -0.695. The Morgan fingerprint density at radius 3 is 2.09 bits per heavy atom. The summed E-state index contributed by atoms with van der Waals surface area (Å²) in [5.41, 5.74) is -0.314. The molecular formula is C15H26ClN2O4-. The van der Waals surface area contributed by atoms with E-state index in [2.05, 4.69) is 4.90 Å². The Bertz CT molecular complexity index is 378. The van der Waals surface area contributed by atoms with Crippen molar-refractivity contribution in [1.29, 1.82) is 0 Å². The minimum atomic E-state index is -0.794. The van der Waals surface area contributed by atoms with Gasteiger partial charge in [-0.15, -0.1) is 0 Å². The number of aliphatic carboxylic acids is 1. The van der Waals surface area contributed by atoms with Crippen molar-refractivity contribution in [3.8, 4) is 0 Å². The molecular weight excluding hydrogens is 308 g/mol. The maximum absolute atomic E-state index is 12.5. The molecule has 0 bridgehead atoms. The van der Waals surface area contributed by atoms with Crippen LogP contribution in [0, 0.1) is 5.41 Å². The Labute approximate surface area is 137 Å². The Morgan fingerprint density at radius 1 is 1.00 bits per heavy atom. The third-order valence-electron chi connectivity index (χ3n) is 4.86. The van der Waals surface area contributed by atoms with E-state index in [0.29, 0.717) is 26.1 Å². The van der Waals surface area contributed by atoms with Crippen LogP contribution in [0.5, 0.6) is 0 Å². The van der Waals surface area contributed by atoms with Gasteiger partial charge < -0.3 is 27.5 Å². The fourth-order valence-corrected chi connectivity index (χ4v) is 3.66. The molecule has 0 radical (unpaired) electrons. The minimum Gasteiger partial charge on any atom is -1.00 e. The quantitative estimate of drug-likeness (QED) is 0.564. The lowest BCUT2D eigenvalue weighted by molar-refractivity contribution is -0.142. The number of hydrogen-bond acceptors (Lipinski definition) is 4. The number of carbonyl (C=O) groups is 2. The van der Waals surface area contributed by atoms with Gasteiger partial charge in [0.1, 0.15) is 0 Å². The van der Waals surface area contributed by atoms with Crippen LogP contribution >= 0.6 is 0 Å². The number of aliphatic hydroxyl groups excluding tert-OH is 1. The van der Waals surface area contributed by atoms with Gasteiger partial charge in [-0.05, 0) is 18.3 Å². The molecule has 2 aliphatic rings. The summed E-state index contributed by atoms with van der Waals surface area (Å²) in [6.45, 7) is 3.75. The molecule has 2 N–H and O–H groups in total. The van der Waals surface area contributed by atoms with Crippen LogP contribution in [-0.4, -0.2) is 71.2 Å². The van der Waals surface area contributed by atoms with E-state index in [4.69, 9.17) is 10.2 Å². The highest BCUT2D eigenvalue weighted by molar-refractivity contribution is 5.78. The maximum atomic E-state index is 12.5. The molecule has 1 saturated carbocycles. The molecule has 2 rings (SSSR count). The third-order valence-corrected chi connectivity index (χ3v) is 4.86. The Kier molecular flexibility index (Phi) is 7.59. The van der Waals surface area contributed by atoms with Gasteiger partial charge in [-0.25, -0.2) is 0 Å². The number of aliphatic hydroxyl groups is 1. The topological polar surface area (TPSA) is 81.1 Å². The first-order valence-electron chi connectivity index (χ1n) is 7.87. The summed E-state index contributed by atoms with van der Waals surface area (Å²) < 4.78 is 0. The summed E-state index contributed by atoms with van der Waals surface area (Å²) in [5, 5.41) is 18.0. The molecule has 0 aromatic carbocycles. The number of hydrogen-bond donors (Lipinski definition) is 2. The zero-order valence-corrected chi connectivity index (χ0v) is 13.7. The van der Waals surface area contributed by atoms with E-state index in [1.54, 1.807) is 0 Å². The maximum Gasteiger partial charge on any atom is 0.303 e. The summed E-state index contributed by atoms with van der Waals surface area (Å²) in [6.07, 6.45) is 4.27. The van der Waals surface area contributed by atoms with Crippen LogP contribution < -0.4 is 12.4 Å². The van der Waals surface area contributed by atoms with E-state index in [-0.39, 0.29) is 36.8 Å². The van der Waals surface area contributed by atoms with Crippen LogP contribution in [0.2, 0.25) is 0 Å². The van der Waals surface area contributed by atoms with Crippen molar-refractivity contribution in [2.45, 2.75) is 38.5 Å². The number of rotatable bonds is 6. The second-order valence-corrected chi connectivity index (χ2v) is 6.40. The molecule has 1 saturated heterocycles. The first-order chi connectivity index (χ1) is 10.0. The highest BCUT2D eigenvalue weighted by Crippen LogP contribution is 2.44. The molecule has 22 heavy (non-hydrogen) atoms. The van der Waals surface area contributed by atoms with Crippen molar-refractivity contribution in [2.24, 2.45) is 5.41 Å². The van der Waals surface area contributed by atoms with Crippen molar-refractivity contribution >= 4 is 11.9 Å². The van der Waals surface area contributed by atoms with Gasteiger partial charge in [0.2, 0.25) is 5.91 Å². The molecule has 0 unspecified atom stereocenters. The van der Waals surface area contributed by atoms with Gasteiger partial charge in [0.05, 0.1) is 13.0 Å². The zero-order valence-electron chi connectivity index (χ0n) is 13.0. The average molecular weight is 334 g/mol. The van der Waals surface area contributed by atoms with Crippen molar-refractivity contribution in [3.05, 3.63) is 0 Å². The molecule has 6 nitrogen and oxygen atoms in total. The second kappa shape index (κ2) is 8.70. The first kappa shape index (κ1) is 19.2. The van der Waals surface area contributed by atoms with Crippen molar-refractivity contribution in [1.82, 2.24) is 9.80 Å². The van der Waals surface area contributed by atoms with Crippen molar-refractivity contribution < 1.29 is 32.2 Å². The van der Waals surface area contributed by atoms with Crippen LogP contribution in [0.15, 0.2) is 0 Å². The molecule has 1 aliphatic heterocycles. The largest absolute Gasteiger partial charge is 1.00 e. The Hall–Kier alpha value is -0.850. The third kappa shape index (κ3) is 5.11. The summed E-state index contributed by atoms with van der Waals surface area (Å²) in [6, 6.07) is 0. The Balaban J connectivity index is 0.00000242. The van der Waals surface area contributed by atoms with Gasteiger partial charge in [0, 0.05) is 39.1 Å². The fourth-order valence-electron chi connectivity index (χ4n) is 3.66. The summed E-state index contributed by atoms with van der Waals surface area (Å²) in [4.78, 5) is 27.6. The molecule has 0 spiro atoms. The standard InChI is InChI=1S/C15H26N2O4.ClH/c18-10-9-16-5-7-17(8-6-16)13(19)11-15(12-14(20)21)3-1-2-4-15;/h18H,1-12H2,(H,20,21);1H/p-1. The van der Waals surface area contributed by atoms with Gasteiger partial charge in [-0.2, -0.15) is 0 Å². The van der Waals surface area contributed by atoms with Crippen LogP contribution in [0.3, 0.4) is 0 Å². The minimum absolute atomic E-state index is 0. The molecule has 1 heterocycles. The average Bonchev–Trinajstić information content (AvgIpc) is 2.87. The molecule has 0 aromatic heterocycles. The molecule has 0 atom stereocenters. The van der Waals surface area contributed by atoms with Crippen molar-refractivity contribution in [3.63, 3.8) is 0 Å². The number of carboxylic acid groups (broad SMARTS) is 1. The highest BCUT2D eigenvalue weighted by atomic mass is 35.5. The van der Waals surface area contributed by atoms with Gasteiger partial charge >= 0.3 is 5.97 Å². The molecule has 7 heteroatoms. The Morgan fingerprint density at radius 2 is 1.59 bits per heavy atom. The van der Waals surface area contributed by atoms with Crippen LogP contribution in [0.25, 0.3) is 0 Å². The summed E-state index contributed by atoms with van der Waals surface area (Å²) in [7, 11) is 0. The van der Waals surface area contributed by atoms with E-state index < -0.39 is 5.97 Å². The lowest BCUT2D eigenvalue weighted by Gasteiger charge is -2.36. The van der Waals surface area contributed by atoms with Gasteiger partial charge in [0.25, 0.3) is 0 Å². The predicted octanol–water partition coefficient (Wildman–Crippen LogP) is -2.45. The number of nitrogens with zero attached hydrogens (tertiary/aromatic N) is 2. The first-order valence-corrected chi connectivity index (χ1v) is 7.87. The van der Waals surface area contributed by atoms with Crippen LogP contribution in [0.4, 0.5) is 0 Å². The zero-order chi connectivity index (χ0) is 15.3. The molecule has 2 fully saturated rings. The van der Waals surface area contributed by atoms with Crippen LogP contribution in [0.1, 0.15) is 38.5 Å². The fraction of sp³-hybridized carbons (Fsp3) is 0.867. The molecule has 1 aliphatic carbocycles. The molecule has 128 valence electrons. The lowest BCUT2D eigenvalue weighted by atomic mass is 9.79.